The number of anilines is 2. The molecule has 0 spiro atoms. The second kappa shape index (κ2) is 11.2. The van der Waals surface area contributed by atoms with E-state index in [2.05, 4.69) is 37.2 Å². The van der Waals surface area contributed by atoms with Gasteiger partial charge in [0.1, 0.15) is 22.9 Å². The molecule has 7 nitrogen and oxygen atoms in total. The molecule has 1 saturated heterocycles. The van der Waals surface area contributed by atoms with Gasteiger partial charge in [0.15, 0.2) is 0 Å². The Kier molecular flexibility index (Phi) is 7.91. The van der Waals surface area contributed by atoms with Gasteiger partial charge in [0, 0.05) is 55.6 Å². The summed E-state index contributed by atoms with van der Waals surface area (Å²) in [6.45, 7) is 3.99. The molecule has 1 amide bonds. The van der Waals surface area contributed by atoms with Crippen LogP contribution in [0.4, 0.5) is 11.5 Å². The molecular weight excluding hydrogens is 458 g/mol. The number of carbonyl (C=O) groups is 1. The fourth-order valence-electron chi connectivity index (χ4n) is 3.58. The summed E-state index contributed by atoms with van der Waals surface area (Å²) in [7, 11) is 1.69. The Morgan fingerprint density at radius 3 is 2.58 bits per heavy atom. The van der Waals surface area contributed by atoms with Gasteiger partial charge in [-0.25, -0.2) is 9.97 Å². The van der Waals surface area contributed by atoms with Crippen molar-refractivity contribution in [1.82, 2.24) is 15.3 Å². The van der Waals surface area contributed by atoms with Crippen LogP contribution in [0.2, 0.25) is 5.02 Å². The second-order valence-electron chi connectivity index (χ2n) is 7.58. The Balaban J connectivity index is 1.26. The van der Waals surface area contributed by atoms with Gasteiger partial charge >= 0.3 is 0 Å². The van der Waals surface area contributed by atoms with Crippen molar-refractivity contribution >= 4 is 40.8 Å². The van der Waals surface area contributed by atoms with Crippen molar-refractivity contribution in [2.75, 3.05) is 48.8 Å². The molecule has 33 heavy (non-hydrogen) atoms. The van der Waals surface area contributed by atoms with Gasteiger partial charge in [-0.15, -0.1) is 0 Å². The highest BCUT2D eigenvalue weighted by atomic mass is 35.5. The zero-order chi connectivity index (χ0) is 23.0. The fraction of sp³-hybridized carbons (Fsp3) is 0.292. The lowest BCUT2D eigenvalue weighted by Crippen LogP contribution is -2.46. The number of carbonyl (C=O) groups excluding carboxylic acids is 1. The van der Waals surface area contributed by atoms with Crippen molar-refractivity contribution < 1.29 is 9.53 Å². The molecular formula is C24H26ClN5O2S. The summed E-state index contributed by atoms with van der Waals surface area (Å²) in [4.78, 5) is 25.6. The number of hydrogen-bond donors (Lipinski definition) is 1. The van der Waals surface area contributed by atoms with Gasteiger partial charge in [-0.2, -0.15) is 0 Å². The summed E-state index contributed by atoms with van der Waals surface area (Å²) >= 11 is 7.30. The maximum absolute atomic E-state index is 12.2. The Hall–Kier alpha value is -2.97. The molecule has 2 aromatic carbocycles. The number of nitrogens with zero attached hydrogens (tertiary/aromatic N) is 4. The molecule has 0 unspecified atom stereocenters. The Morgan fingerprint density at radius 2 is 1.82 bits per heavy atom. The van der Waals surface area contributed by atoms with Crippen molar-refractivity contribution in [3.8, 4) is 5.75 Å². The number of methoxy groups -OCH3 is 1. The van der Waals surface area contributed by atoms with E-state index in [1.54, 1.807) is 13.4 Å². The van der Waals surface area contributed by atoms with Gasteiger partial charge in [-0.05, 0) is 29.8 Å². The Labute approximate surface area is 203 Å². The Bertz CT molecular complexity index is 1070. The molecule has 0 radical (unpaired) electrons. The summed E-state index contributed by atoms with van der Waals surface area (Å²) in [5.74, 6) is 2.01. The summed E-state index contributed by atoms with van der Waals surface area (Å²) in [6, 6.07) is 17.5. The topological polar surface area (TPSA) is 70.6 Å². The van der Waals surface area contributed by atoms with Crippen molar-refractivity contribution in [2.24, 2.45) is 0 Å². The molecule has 0 bridgehead atoms. The molecule has 1 aliphatic heterocycles. The average Bonchev–Trinajstić information content (AvgIpc) is 2.87. The van der Waals surface area contributed by atoms with Crippen LogP contribution in [0.25, 0.3) is 0 Å². The molecule has 0 saturated carbocycles. The molecule has 3 aromatic rings. The van der Waals surface area contributed by atoms with E-state index in [1.165, 1.54) is 11.8 Å². The highest BCUT2D eigenvalue weighted by Gasteiger charge is 2.19. The van der Waals surface area contributed by atoms with E-state index < -0.39 is 0 Å². The second-order valence-corrected chi connectivity index (χ2v) is 9.01. The lowest BCUT2D eigenvalue weighted by molar-refractivity contribution is -0.118. The van der Waals surface area contributed by atoms with E-state index in [1.807, 2.05) is 42.5 Å². The van der Waals surface area contributed by atoms with E-state index in [0.29, 0.717) is 17.3 Å². The number of aromatic nitrogens is 2. The first kappa shape index (κ1) is 23.2. The molecule has 4 rings (SSSR count). The zero-order valence-corrected chi connectivity index (χ0v) is 20.0. The van der Waals surface area contributed by atoms with Gasteiger partial charge in [-0.3, -0.25) is 4.79 Å². The van der Waals surface area contributed by atoms with Crippen molar-refractivity contribution in [3.63, 3.8) is 0 Å². The standard InChI is InChI=1S/C24H26ClN5O2S/c1-32-21-4-2-3-20(13-21)29-9-11-30(12-10-29)22-14-24(28-17-27-22)33-16-23(31)26-15-18-5-7-19(25)8-6-18/h2-8,13-14,17H,9-12,15-16H2,1H3,(H,26,31). The third-order valence-corrected chi connectivity index (χ3v) is 6.58. The minimum absolute atomic E-state index is 0.0398. The van der Waals surface area contributed by atoms with Crippen LogP contribution < -0.4 is 19.9 Å². The lowest BCUT2D eigenvalue weighted by Gasteiger charge is -2.36. The van der Waals surface area contributed by atoms with Crippen LogP contribution in [0.5, 0.6) is 5.75 Å². The predicted octanol–water partition coefficient (Wildman–Crippen LogP) is 3.87. The minimum atomic E-state index is -0.0398. The number of benzene rings is 2. The number of amides is 1. The summed E-state index contributed by atoms with van der Waals surface area (Å²) in [5.41, 5.74) is 2.17. The van der Waals surface area contributed by atoms with Crippen molar-refractivity contribution in [1.29, 1.82) is 0 Å². The van der Waals surface area contributed by atoms with Crippen LogP contribution in [-0.4, -0.2) is 54.9 Å². The lowest BCUT2D eigenvalue weighted by atomic mass is 10.2. The molecule has 1 N–H and O–H groups in total. The number of hydrogen-bond acceptors (Lipinski definition) is 7. The van der Waals surface area contributed by atoms with Crippen LogP contribution in [0.15, 0.2) is 66.0 Å². The molecule has 1 fully saturated rings. The van der Waals surface area contributed by atoms with Crippen LogP contribution in [0, 0.1) is 0 Å². The van der Waals surface area contributed by atoms with Crippen LogP contribution >= 0.6 is 23.4 Å². The van der Waals surface area contributed by atoms with Crippen LogP contribution in [0.1, 0.15) is 5.56 Å². The molecule has 1 aliphatic rings. The number of nitrogens with one attached hydrogen (secondary N) is 1. The Morgan fingerprint density at radius 1 is 1.06 bits per heavy atom. The summed E-state index contributed by atoms with van der Waals surface area (Å²) < 4.78 is 5.34. The third-order valence-electron chi connectivity index (χ3n) is 5.40. The highest BCUT2D eigenvalue weighted by molar-refractivity contribution is 7.99. The van der Waals surface area contributed by atoms with Crippen LogP contribution in [0.3, 0.4) is 0 Å². The normalized spacial score (nSPS) is 13.6. The fourth-order valence-corrected chi connectivity index (χ4v) is 4.39. The number of ether oxygens (including phenoxy) is 1. The van der Waals surface area contributed by atoms with Crippen molar-refractivity contribution in [2.45, 2.75) is 11.6 Å². The molecule has 0 atom stereocenters. The monoisotopic (exact) mass is 483 g/mol. The SMILES string of the molecule is COc1cccc(N2CCN(c3cc(SCC(=O)NCc4ccc(Cl)cc4)ncn3)CC2)c1. The first-order valence-electron chi connectivity index (χ1n) is 10.7. The molecule has 9 heteroatoms. The van der Waals surface area contributed by atoms with Gasteiger partial charge in [0.25, 0.3) is 0 Å². The third kappa shape index (κ3) is 6.52. The highest BCUT2D eigenvalue weighted by Crippen LogP contribution is 2.24. The van der Waals surface area contributed by atoms with Gasteiger partial charge < -0.3 is 19.9 Å². The summed E-state index contributed by atoms with van der Waals surface area (Å²) in [5, 5.41) is 4.40. The first-order chi connectivity index (χ1) is 16.1. The molecule has 172 valence electrons. The number of rotatable bonds is 8. The average molecular weight is 484 g/mol. The largest absolute Gasteiger partial charge is 0.497 e. The maximum atomic E-state index is 12.2. The number of piperazine rings is 1. The minimum Gasteiger partial charge on any atom is -0.497 e. The van der Waals surface area contributed by atoms with E-state index in [9.17, 15) is 4.79 Å². The van der Waals surface area contributed by atoms with E-state index in [0.717, 1.165) is 54.0 Å². The summed E-state index contributed by atoms with van der Waals surface area (Å²) in [6.07, 6.45) is 1.57. The number of thioether (sulfide) groups is 1. The smallest absolute Gasteiger partial charge is 0.230 e. The maximum Gasteiger partial charge on any atom is 0.230 e. The molecule has 2 heterocycles. The predicted molar refractivity (Wildman–Crippen MR) is 133 cm³/mol. The van der Waals surface area contributed by atoms with Gasteiger partial charge in [0.2, 0.25) is 5.91 Å². The van der Waals surface area contributed by atoms with E-state index in [4.69, 9.17) is 16.3 Å². The van der Waals surface area contributed by atoms with Crippen LogP contribution in [-0.2, 0) is 11.3 Å². The first-order valence-corrected chi connectivity index (χ1v) is 12.1. The van der Waals surface area contributed by atoms with Crippen molar-refractivity contribution in [3.05, 3.63) is 71.5 Å². The molecule has 0 aliphatic carbocycles. The van der Waals surface area contributed by atoms with E-state index in [-0.39, 0.29) is 5.91 Å². The number of halogens is 1. The van der Waals surface area contributed by atoms with Gasteiger partial charge in [0.05, 0.1) is 12.9 Å². The molecule has 1 aromatic heterocycles. The quantitative estimate of drug-likeness (QED) is 0.385. The zero-order valence-electron chi connectivity index (χ0n) is 18.4. The van der Waals surface area contributed by atoms with E-state index >= 15 is 0 Å². The van der Waals surface area contributed by atoms with Gasteiger partial charge in [-0.1, -0.05) is 41.6 Å².